The molecule has 0 aliphatic carbocycles. The molecule has 0 unspecified atom stereocenters. The number of fused-ring (bicyclic) bond motifs is 1. The third-order valence-corrected chi connectivity index (χ3v) is 3.72. The molecule has 2 N–H and O–H groups in total. The van der Waals surface area contributed by atoms with E-state index in [0.717, 1.165) is 28.7 Å². The van der Waals surface area contributed by atoms with E-state index in [1.54, 1.807) is 12.1 Å². The van der Waals surface area contributed by atoms with Gasteiger partial charge in [-0.2, -0.15) is 0 Å². The van der Waals surface area contributed by atoms with Crippen LogP contribution in [0.15, 0.2) is 22.7 Å². The minimum Gasteiger partial charge on any atom is -0.337 e. The maximum atomic E-state index is 13.8. The Hall–Kier alpha value is -1.53. The number of aromatic nitrogens is 2. The van der Waals surface area contributed by atoms with Gasteiger partial charge in [0, 0.05) is 29.5 Å². The second-order valence-electron chi connectivity index (χ2n) is 4.72. The number of halogens is 2. The van der Waals surface area contributed by atoms with Crippen LogP contribution in [0.2, 0.25) is 0 Å². The van der Waals surface area contributed by atoms with Gasteiger partial charge in [0.15, 0.2) is 0 Å². The Morgan fingerprint density at radius 3 is 3.05 bits per heavy atom. The molecule has 6 heteroatoms. The monoisotopic (exact) mass is 336 g/mol. The van der Waals surface area contributed by atoms with Crippen molar-refractivity contribution in [2.24, 2.45) is 0 Å². The first-order chi connectivity index (χ1) is 9.63. The summed E-state index contributed by atoms with van der Waals surface area (Å²) in [6.45, 7) is 3.46. The second kappa shape index (κ2) is 5.46. The zero-order chi connectivity index (χ0) is 14.1. The first kappa shape index (κ1) is 13.5. The Kier molecular flexibility index (Phi) is 3.67. The predicted molar refractivity (Wildman–Crippen MR) is 79.6 cm³/mol. The van der Waals surface area contributed by atoms with Crippen LogP contribution in [0.4, 0.5) is 15.9 Å². The van der Waals surface area contributed by atoms with Gasteiger partial charge < -0.3 is 10.6 Å². The summed E-state index contributed by atoms with van der Waals surface area (Å²) in [5.41, 5.74) is 2.46. The Morgan fingerprint density at radius 1 is 1.35 bits per heavy atom. The number of aryl methyl sites for hydroxylation is 1. The van der Waals surface area contributed by atoms with Crippen molar-refractivity contribution < 1.29 is 4.39 Å². The highest BCUT2D eigenvalue weighted by atomic mass is 79.9. The molecule has 0 saturated carbocycles. The van der Waals surface area contributed by atoms with E-state index >= 15 is 0 Å². The highest BCUT2D eigenvalue weighted by Gasteiger charge is 2.17. The molecule has 0 radical (unpaired) electrons. The van der Waals surface area contributed by atoms with Gasteiger partial charge in [-0.3, -0.25) is 0 Å². The van der Waals surface area contributed by atoms with Crippen molar-refractivity contribution >= 4 is 27.4 Å². The van der Waals surface area contributed by atoms with E-state index in [9.17, 15) is 4.39 Å². The van der Waals surface area contributed by atoms with Crippen LogP contribution >= 0.6 is 15.9 Å². The second-order valence-corrected chi connectivity index (χ2v) is 5.64. The lowest BCUT2D eigenvalue weighted by molar-refractivity contribution is 0.622. The van der Waals surface area contributed by atoms with Crippen molar-refractivity contribution in [1.29, 1.82) is 0 Å². The average Bonchev–Trinajstić information content (AvgIpc) is 2.43. The molecule has 1 aliphatic heterocycles. The molecule has 1 aromatic heterocycles. The topological polar surface area (TPSA) is 49.8 Å². The fraction of sp³-hybridized carbons (Fsp3) is 0.286. The number of hydrogen-bond donors (Lipinski definition) is 2. The van der Waals surface area contributed by atoms with Crippen molar-refractivity contribution in [2.75, 3.05) is 11.9 Å². The Bertz CT molecular complexity index is 660. The summed E-state index contributed by atoms with van der Waals surface area (Å²) < 4.78 is 14.7. The molecule has 0 spiro atoms. The van der Waals surface area contributed by atoms with Gasteiger partial charge in [-0.1, -0.05) is 15.9 Å². The lowest BCUT2D eigenvalue weighted by Crippen LogP contribution is -2.26. The number of nitrogens with zero attached hydrogens (tertiary/aromatic N) is 2. The van der Waals surface area contributed by atoms with Crippen molar-refractivity contribution in [3.05, 3.63) is 45.6 Å². The average molecular weight is 337 g/mol. The van der Waals surface area contributed by atoms with E-state index in [-0.39, 0.29) is 5.82 Å². The standard InChI is InChI=1S/C14H14BrFN4/c1-8-18-12-4-5-17-7-10(12)14(19-8)20-13-6-9(15)2-3-11(13)16/h2-3,6,17H,4-5,7H2,1H3,(H,18,19,20). The predicted octanol–water partition coefficient (Wildman–Crippen LogP) is 3.08. The van der Waals surface area contributed by atoms with Crippen LogP contribution in [0.1, 0.15) is 17.1 Å². The minimum absolute atomic E-state index is 0.304. The smallest absolute Gasteiger partial charge is 0.146 e. The molecular weight excluding hydrogens is 323 g/mol. The highest BCUT2D eigenvalue weighted by molar-refractivity contribution is 9.10. The molecule has 3 rings (SSSR count). The Morgan fingerprint density at radius 2 is 2.20 bits per heavy atom. The van der Waals surface area contributed by atoms with E-state index in [4.69, 9.17) is 0 Å². The quantitative estimate of drug-likeness (QED) is 0.884. The van der Waals surface area contributed by atoms with Gasteiger partial charge in [-0.05, 0) is 25.1 Å². The largest absolute Gasteiger partial charge is 0.337 e. The number of rotatable bonds is 2. The van der Waals surface area contributed by atoms with Gasteiger partial charge >= 0.3 is 0 Å². The van der Waals surface area contributed by atoms with E-state index in [1.807, 2.05) is 6.92 Å². The molecule has 104 valence electrons. The number of anilines is 2. The summed E-state index contributed by atoms with van der Waals surface area (Å²) in [4.78, 5) is 8.87. The zero-order valence-corrected chi connectivity index (χ0v) is 12.6. The summed E-state index contributed by atoms with van der Waals surface area (Å²) in [5.74, 6) is 1.07. The molecule has 1 aliphatic rings. The number of nitrogens with one attached hydrogen (secondary N) is 2. The number of benzene rings is 1. The summed E-state index contributed by atoms with van der Waals surface area (Å²) in [5, 5.41) is 6.38. The van der Waals surface area contributed by atoms with E-state index in [2.05, 4.69) is 36.5 Å². The Balaban J connectivity index is 2.02. The maximum Gasteiger partial charge on any atom is 0.146 e. The zero-order valence-electron chi connectivity index (χ0n) is 11.0. The minimum atomic E-state index is -0.304. The van der Waals surface area contributed by atoms with Gasteiger partial charge in [0.1, 0.15) is 17.5 Å². The number of hydrogen-bond acceptors (Lipinski definition) is 4. The van der Waals surface area contributed by atoms with Crippen molar-refractivity contribution in [3.8, 4) is 0 Å². The van der Waals surface area contributed by atoms with E-state index < -0.39 is 0 Å². The van der Waals surface area contributed by atoms with Crippen LogP contribution in [-0.4, -0.2) is 16.5 Å². The molecule has 0 fully saturated rings. The van der Waals surface area contributed by atoms with Gasteiger partial charge in [0.2, 0.25) is 0 Å². The van der Waals surface area contributed by atoms with Crippen LogP contribution in [-0.2, 0) is 13.0 Å². The summed E-state index contributed by atoms with van der Waals surface area (Å²) in [6, 6.07) is 4.79. The first-order valence-corrected chi connectivity index (χ1v) is 7.22. The first-order valence-electron chi connectivity index (χ1n) is 6.42. The van der Waals surface area contributed by atoms with Crippen molar-refractivity contribution in [1.82, 2.24) is 15.3 Å². The molecule has 4 nitrogen and oxygen atoms in total. The molecular formula is C14H14BrFN4. The lowest BCUT2D eigenvalue weighted by Gasteiger charge is -2.20. The molecule has 2 aromatic rings. The van der Waals surface area contributed by atoms with E-state index in [1.165, 1.54) is 6.07 Å². The van der Waals surface area contributed by atoms with Gasteiger partial charge in [0.05, 0.1) is 11.4 Å². The van der Waals surface area contributed by atoms with E-state index in [0.29, 0.717) is 23.9 Å². The fourth-order valence-electron chi connectivity index (χ4n) is 2.29. The molecule has 0 saturated heterocycles. The summed E-state index contributed by atoms with van der Waals surface area (Å²) >= 11 is 3.35. The molecule has 0 bridgehead atoms. The molecule has 0 amide bonds. The fourth-order valence-corrected chi connectivity index (χ4v) is 2.65. The van der Waals surface area contributed by atoms with Crippen molar-refractivity contribution in [3.63, 3.8) is 0 Å². The highest BCUT2D eigenvalue weighted by Crippen LogP contribution is 2.27. The van der Waals surface area contributed by atoms with Crippen LogP contribution in [0, 0.1) is 12.7 Å². The van der Waals surface area contributed by atoms with Gasteiger partial charge in [-0.25, -0.2) is 14.4 Å². The normalized spacial score (nSPS) is 13.9. The molecule has 20 heavy (non-hydrogen) atoms. The molecule has 2 heterocycles. The lowest BCUT2D eigenvalue weighted by atomic mass is 10.1. The van der Waals surface area contributed by atoms with Gasteiger partial charge in [-0.15, -0.1) is 0 Å². The van der Waals surface area contributed by atoms with Crippen LogP contribution in [0.25, 0.3) is 0 Å². The Labute approximate surface area is 125 Å². The van der Waals surface area contributed by atoms with Crippen LogP contribution < -0.4 is 10.6 Å². The third kappa shape index (κ3) is 2.66. The summed E-state index contributed by atoms with van der Waals surface area (Å²) in [6.07, 6.45) is 0.869. The summed E-state index contributed by atoms with van der Waals surface area (Å²) in [7, 11) is 0. The van der Waals surface area contributed by atoms with Crippen LogP contribution in [0.5, 0.6) is 0 Å². The molecule has 0 atom stereocenters. The maximum absolute atomic E-state index is 13.8. The third-order valence-electron chi connectivity index (χ3n) is 3.23. The van der Waals surface area contributed by atoms with Crippen LogP contribution in [0.3, 0.4) is 0 Å². The molecule has 1 aromatic carbocycles. The van der Waals surface area contributed by atoms with Gasteiger partial charge in [0.25, 0.3) is 0 Å². The van der Waals surface area contributed by atoms with Crippen molar-refractivity contribution in [2.45, 2.75) is 19.9 Å². The SMILES string of the molecule is Cc1nc2c(c(Nc3cc(Br)ccc3F)n1)CNCC2.